The van der Waals surface area contributed by atoms with Gasteiger partial charge < -0.3 is 19.3 Å². The third-order valence-corrected chi connectivity index (χ3v) is 5.16. The number of imidazole rings is 1. The molecule has 1 aliphatic rings. The Kier molecular flexibility index (Phi) is 4.03. The minimum Gasteiger partial charge on any atom is -0.504 e. The van der Waals surface area contributed by atoms with Crippen LogP contribution in [0.2, 0.25) is 0 Å². The number of carbonyl (C=O) groups is 1. The zero-order valence-electron chi connectivity index (χ0n) is 15.0. The van der Waals surface area contributed by atoms with E-state index in [0.29, 0.717) is 24.4 Å². The minimum absolute atomic E-state index is 0.0753. The van der Waals surface area contributed by atoms with Crippen molar-refractivity contribution in [3.05, 3.63) is 59.5 Å². The Bertz CT molecular complexity index is 971. The number of benzene rings is 1. The highest BCUT2D eigenvalue weighted by atomic mass is 16.3. The number of piperazine rings is 1. The van der Waals surface area contributed by atoms with E-state index in [2.05, 4.69) is 41.9 Å². The van der Waals surface area contributed by atoms with Crippen LogP contribution in [0.1, 0.15) is 21.6 Å². The summed E-state index contributed by atoms with van der Waals surface area (Å²) in [6.45, 7) is 7.18. The molecule has 3 heterocycles. The number of rotatable bonds is 2. The molecule has 4 rings (SSSR count). The largest absolute Gasteiger partial charge is 0.504 e. The van der Waals surface area contributed by atoms with Crippen LogP contribution in [-0.4, -0.2) is 51.5 Å². The lowest BCUT2D eigenvalue weighted by Gasteiger charge is -2.36. The highest BCUT2D eigenvalue weighted by Crippen LogP contribution is 2.24. The van der Waals surface area contributed by atoms with Crippen molar-refractivity contribution in [2.45, 2.75) is 13.8 Å². The maximum atomic E-state index is 12.8. The van der Waals surface area contributed by atoms with Crippen molar-refractivity contribution < 1.29 is 9.90 Å². The molecule has 1 N–H and O–H groups in total. The molecular formula is C20H22N4O2. The number of hydrogen-bond acceptors (Lipinski definition) is 4. The Morgan fingerprint density at radius 1 is 1.08 bits per heavy atom. The van der Waals surface area contributed by atoms with Gasteiger partial charge in [0.25, 0.3) is 5.91 Å². The van der Waals surface area contributed by atoms with Gasteiger partial charge in [0, 0.05) is 44.3 Å². The third-order valence-electron chi connectivity index (χ3n) is 5.16. The fourth-order valence-corrected chi connectivity index (χ4v) is 3.49. The standard InChI is InChI=1S/C20H22N4O2/c1-14-5-3-6-17(15(14)2)22-9-11-23(12-10-22)20(26)16-13-24-8-4-7-18(25)19(24)21-16/h3-8,13,25H,9-12H2,1-2H3. The summed E-state index contributed by atoms with van der Waals surface area (Å²) in [5.41, 5.74) is 4.60. The molecule has 3 aromatic rings. The first-order chi connectivity index (χ1) is 12.5. The first-order valence-electron chi connectivity index (χ1n) is 8.82. The van der Waals surface area contributed by atoms with E-state index in [1.807, 2.05) is 4.90 Å². The van der Waals surface area contributed by atoms with E-state index in [4.69, 9.17) is 0 Å². The van der Waals surface area contributed by atoms with Gasteiger partial charge in [-0.05, 0) is 43.2 Å². The molecule has 1 amide bonds. The van der Waals surface area contributed by atoms with Gasteiger partial charge in [0.15, 0.2) is 11.4 Å². The topological polar surface area (TPSA) is 61.1 Å². The summed E-state index contributed by atoms with van der Waals surface area (Å²) < 4.78 is 1.68. The number of pyridine rings is 1. The molecule has 1 aliphatic heterocycles. The van der Waals surface area contributed by atoms with Crippen molar-refractivity contribution in [2.75, 3.05) is 31.1 Å². The van der Waals surface area contributed by atoms with Crippen LogP contribution in [0.3, 0.4) is 0 Å². The summed E-state index contributed by atoms with van der Waals surface area (Å²) >= 11 is 0. The van der Waals surface area contributed by atoms with Crippen LogP contribution in [0.25, 0.3) is 5.65 Å². The van der Waals surface area contributed by atoms with Gasteiger partial charge in [-0.1, -0.05) is 12.1 Å². The monoisotopic (exact) mass is 350 g/mol. The van der Waals surface area contributed by atoms with Crippen LogP contribution in [0.5, 0.6) is 5.75 Å². The third kappa shape index (κ3) is 2.77. The fourth-order valence-electron chi connectivity index (χ4n) is 3.49. The van der Waals surface area contributed by atoms with Gasteiger partial charge in [-0.25, -0.2) is 4.98 Å². The molecule has 1 aromatic carbocycles. The summed E-state index contributed by atoms with van der Waals surface area (Å²) in [4.78, 5) is 21.3. The quantitative estimate of drug-likeness (QED) is 0.772. The Hall–Kier alpha value is -3.02. The number of carbonyl (C=O) groups excluding carboxylic acids is 1. The normalized spacial score (nSPS) is 14.8. The van der Waals surface area contributed by atoms with Crippen molar-refractivity contribution in [3.63, 3.8) is 0 Å². The van der Waals surface area contributed by atoms with Crippen LogP contribution in [0.15, 0.2) is 42.7 Å². The van der Waals surface area contributed by atoms with E-state index in [9.17, 15) is 9.90 Å². The molecule has 1 saturated heterocycles. The van der Waals surface area contributed by atoms with Gasteiger partial charge in [0.05, 0.1) is 0 Å². The van der Waals surface area contributed by atoms with Crippen molar-refractivity contribution in [2.24, 2.45) is 0 Å². The van der Waals surface area contributed by atoms with Crippen molar-refractivity contribution in [3.8, 4) is 5.75 Å². The molecule has 0 unspecified atom stereocenters. The van der Waals surface area contributed by atoms with E-state index in [-0.39, 0.29) is 11.7 Å². The molecule has 0 spiro atoms. The lowest BCUT2D eigenvalue weighted by Crippen LogP contribution is -2.49. The SMILES string of the molecule is Cc1cccc(N2CCN(C(=O)c3cn4cccc(O)c4n3)CC2)c1C. The summed E-state index contributed by atoms with van der Waals surface area (Å²) in [5.74, 6) is -0.0139. The Morgan fingerprint density at radius 3 is 2.58 bits per heavy atom. The van der Waals surface area contributed by atoms with E-state index < -0.39 is 0 Å². The first kappa shape index (κ1) is 16.4. The fraction of sp³-hybridized carbons (Fsp3) is 0.300. The highest BCUT2D eigenvalue weighted by Gasteiger charge is 2.25. The lowest BCUT2D eigenvalue weighted by atomic mass is 10.1. The molecule has 0 aliphatic carbocycles. The Balaban J connectivity index is 1.49. The summed E-state index contributed by atoms with van der Waals surface area (Å²) in [7, 11) is 0. The summed E-state index contributed by atoms with van der Waals surface area (Å²) in [6, 6.07) is 9.64. The average Bonchev–Trinajstić information content (AvgIpc) is 3.09. The molecule has 1 fully saturated rings. The summed E-state index contributed by atoms with van der Waals surface area (Å²) in [6.07, 6.45) is 3.45. The average molecular weight is 350 g/mol. The van der Waals surface area contributed by atoms with Gasteiger partial charge in [0.2, 0.25) is 0 Å². The number of aryl methyl sites for hydroxylation is 1. The lowest BCUT2D eigenvalue weighted by molar-refractivity contribution is 0.0741. The predicted octanol–water partition coefficient (Wildman–Crippen LogP) is 2.62. The number of hydrogen-bond donors (Lipinski definition) is 1. The number of aromatic hydroxyl groups is 1. The van der Waals surface area contributed by atoms with E-state index in [1.54, 1.807) is 28.9 Å². The summed E-state index contributed by atoms with van der Waals surface area (Å²) in [5, 5.41) is 9.87. The number of anilines is 1. The van der Waals surface area contributed by atoms with Crippen LogP contribution < -0.4 is 4.90 Å². The second-order valence-corrected chi connectivity index (χ2v) is 6.75. The van der Waals surface area contributed by atoms with Crippen LogP contribution in [0.4, 0.5) is 5.69 Å². The highest BCUT2D eigenvalue weighted by molar-refractivity contribution is 5.93. The maximum absolute atomic E-state index is 12.8. The van der Waals surface area contributed by atoms with Crippen LogP contribution in [0, 0.1) is 13.8 Å². The van der Waals surface area contributed by atoms with E-state index in [1.165, 1.54) is 16.8 Å². The first-order valence-corrected chi connectivity index (χ1v) is 8.82. The molecule has 0 atom stereocenters. The molecule has 0 saturated carbocycles. The number of amides is 1. The molecular weight excluding hydrogens is 328 g/mol. The second kappa shape index (κ2) is 6.37. The Morgan fingerprint density at radius 2 is 1.85 bits per heavy atom. The number of aromatic nitrogens is 2. The van der Waals surface area contributed by atoms with Crippen molar-refractivity contribution in [1.82, 2.24) is 14.3 Å². The molecule has 0 radical (unpaired) electrons. The van der Waals surface area contributed by atoms with Crippen molar-refractivity contribution in [1.29, 1.82) is 0 Å². The molecule has 26 heavy (non-hydrogen) atoms. The molecule has 6 heteroatoms. The zero-order chi connectivity index (χ0) is 18.3. The van der Waals surface area contributed by atoms with E-state index >= 15 is 0 Å². The Labute approximate surface area is 152 Å². The maximum Gasteiger partial charge on any atom is 0.274 e. The second-order valence-electron chi connectivity index (χ2n) is 6.75. The van der Waals surface area contributed by atoms with Gasteiger partial charge in [-0.2, -0.15) is 0 Å². The van der Waals surface area contributed by atoms with Crippen molar-refractivity contribution >= 4 is 17.2 Å². The number of fused-ring (bicyclic) bond motifs is 1. The zero-order valence-corrected chi connectivity index (χ0v) is 15.0. The van der Waals surface area contributed by atoms with Gasteiger partial charge in [-0.3, -0.25) is 4.79 Å². The van der Waals surface area contributed by atoms with E-state index in [0.717, 1.165) is 13.1 Å². The molecule has 134 valence electrons. The molecule has 0 bridgehead atoms. The van der Waals surface area contributed by atoms with Gasteiger partial charge >= 0.3 is 0 Å². The van der Waals surface area contributed by atoms with Gasteiger partial charge in [-0.15, -0.1) is 0 Å². The van der Waals surface area contributed by atoms with Crippen LogP contribution >= 0.6 is 0 Å². The van der Waals surface area contributed by atoms with Crippen LogP contribution in [-0.2, 0) is 0 Å². The predicted molar refractivity (Wildman–Crippen MR) is 101 cm³/mol. The molecule has 2 aromatic heterocycles. The number of nitrogens with zero attached hydrogens (tertiary/aromatic N) is 4. The smallest absolute Gasteiger partial charge is 0.274 e. The minimum atomic E-state index is -0.0892. The molecule has 6 nitrogen and oxygen atoms in total. The van der Waals surface area contributed by atoms with Gasteiger partial charge in [0.1, 0.15) is 5.69 Å².